The van der Waals surface area contributed by atoms with Crippen LogP contribution in [0.3, 0.4) is 0 Å². The summed E-state index contributed by atoms with van der Waals surface area (Å²) in [6, 6.07) is 18.1. The zero-order valence-corrected chi connectivity index (χ0v) is 31.3. The molecule has 5 N–H and O–H groups in total. The molecular formula is C40H43ClN10O4. The fourth-order valence-electron chi connectivity index (χ4n) is 8.81. The molecule has 9 rings (SSSR count). The normalized spacial score (nSPS) is 19.7. The van der Waals surface area contributed by atoms with Crippen molar-refractivity contribution in [3.8, 4) is 17.0 Å². The summed E-state index contributed by atoms with van der Waals surface area (Å²) in [6.45, 7) is 4.14. The molecule has 3 aromatic heterocycles. The van der Waals surface area contributed by atoms with E-state index in [2.05, 4.69) is 55.7 Å². The van der Waals surface area contributed by atoms with E-state index in [1.807, 2.05) is 31.4 Å². The van der Waals surface area contributed by atoms with Gasteiger partial charge in [-0.05, 0) is 72.9 Å². The number of ether oxygens (including phenoxy) is 1. The molecule has 3 fully saturated rings. The van der Waals surface area contributed by atoms with Crippen molar-refractivity contribution in [2.75, 3.05) is 48.3 Å². The lowest BCUT2D eigenvalue weighted by Crippen LogP contribution is -2.57. The van der Waals surface area contributed by atoms with Gasteiger partial charge in [0.25, 0.3) is 5.91 Å². The average Bonchev–Trinajstić information content (AvgIpc) is 3.81. The number of hydrogen-bond donors (Lipinski definition) is 4. The molecule has 5 aromatic rings. The van der Waals surface area contributed by atoms with Crippen LogP contribution in [0.15, 0.2) is 67.0 Å². The summed E-state index contributed by atoms with van der Waals surface area (Å²) in [5.41, 5.74) is 13.7. The molecule has 14 nitrogen and oxygen atoms in total. The molecule has 0 radical (unpaired) electrons. The Morgan fingerprint density at radius 3 is 2.64 bits per heavy atom. The molecule has 3 aliphatic heterocycles. The Kier molecular flexibility index (Phi) is 8.98. The monoisotopic (exact) mass is 762 g/mol. The van der Waals surface area contributed by atoms with E-state index in [1.165, 1.54) is 21.8 Å². The van der Waals surface area contributed by atoms with Crippen LogP contribution in [-0.2, 0) is 17.8 Å². The van der Waals surface area contributed by atoms with Crippen LogP contribution in [0.5, 0.6) is 5.75 Å². The summed E-state index contributed by atoms with van der Waals surface area (Å²) >= 11 is 6.47. The number of halogens is 1. The Balaban J connectivity index is 0.809. The number of fused-ring (bicyclic) bond motifs is 2. The van der Waals surface area contributed by atoms with E-state index in [0.29, 0.717) is 40.6 Å². The molecular weight excluding hydrogens is 720 g/mol. The number of likely N-dealkylation sites (tertiary alicyclic amines) is 1. The number of nitrogens with one attached hydrogen (secondary N) is 2. The van der Waals surface area contributed by atoms with Crippen LogP contribution < -0.4 is 30.9 Å². The molecule has 1 atom stereocenters. The lowest BCUT2D eigenvalue weighted by molar-refractivity contribution is -0.125. The summed E-state index contributed by atoms with van der Waals surface area (Å²) in [5.74, 6) is 0.663. The minimum atomic E-state index is -1.11. The predicted molar refractivity (Wildman–Crippen MR) is 210 cm³/mol. The Hall–Kier alpha value is -5.44. The maximum Gasteiger partial charge on any atom is 0.269 e. The first-order valence-electron chi connectivity index (χ1n) is 18.8. The van der Waals surface area contributed by atoms with Crippen molar-refractivity contribution < 1.29 is 19.4 Å². The maximum absolute atomic E-state index is 12.1. The molecule has 2 saturated heterocycles. The number of carbonyl (C=O) groups excluding carboxylic acids is 2. The zero-order valence-electron chi connectivity index (χ0n) is 30.5. The van der Waals surface area contributed by atoms with E-state index in [0.717, 1.165) is 86.7 Å². The van der Waals surface area contributed by atoms with Gasteiger partial charge in [0.2, 0.25) is 12.3 Å². The first-order chi connectivity index (χ1) is 26.7. The van der Waals surface area contributed by atoms with E-state index in [1.54, 1.807) is 11.0 Å². The molecule has 55 heavy (non-hydrogen) atoms. The van der Waals surface area contributed by atoms with E-state index in [9.17, 15) is 14.7 Å². The number of anilines is 4. The molecule has 15 heteroatoms. The van der Waals surface area contributed by atoms with Gasteiger partial charge in [0.15, 0.2) is 11.5 Å². The van der Waals surface area contributed by atoms with Crippen LogP contribution >= 0.6 is 11.6 Å². The topological polar surface area (TPSA) is 166 Å². The number of nitrogens with zero attached hydrogens (tertiary/aromatic N) is 7. The third-order valence-electron chi connectivity index (χ3n) is 11.6. The SMILES string of the molecule is CNc1cc(N2CCc3c(-c4ccc(CN5CC6(CCC(Oc7ccc(Cl)c(N8CCC(=O)NC8O)c7)CC6)C5)cn4)cccc32)nn2c(C(N)=O)cnc12. The number of pyridine rings is 1. The highest BCUT2D eigenvalue weighted by Crippen LogP contribution is 2.46. The Bertz CT molecular complexity index is 2280. The molecule has 2 aromatic carbocycles. The van der Waals surface area contributed by atoms with Crippen LogP contribution in [0.1, 0.15) is 53.7 Å². The number of primary amides is 1. The molecule has 1 spiro atoms. The number of benzene rings is 2. The fourth-order valence-corrected chi connectivity index (χ4v) is 9.03. The molecule has 4 aliphatic rings. The first-order valence-corrected chi connectivity index (χ1v) is 19.2. The second kappa shape index (κ2) is 14.0. The molecule has 6 heterocycles. The molecule has 1 unspecified atom stereocenters. The van der Waals surface area contributed by atoms with Crippen molar-refractivity contribution in [3.63, 3.8) is 0 Å². The van der Waals surface area contributed by atoms with Crippen molar-refractivity contribution in [1.29, 1.82) is 0 Å². The van der Waals surface area contributed by atoms with Gasteiger partial charge in [0, 0.05) is 75.8 Å². The molecule has 284 valence electrons. The number of nitrogens with two attached hydrogens (primary N) is 1. The average molecular weight is 763 g/mol. The van der Waals surface area contributed by atoms with E-state index < -0.39 is 12.3 Å². The van der Waals surface area contributed by atoms with Gasteiger partial charge in [-0.3, -0.25) is 19.5 Å². The quantitative estimate of drug-likeness (QED) is 0.164. The lowest BCUT2D eigenvalue weighted by Gasteiger charge is -2.53. The molecule has 2 amide bonds. The highest BCUT2D eigenvalue weighted by atomic mass is 35.5. The number of aliphatic hydroxyl groups excluding tert-OH is 1. The predicted octanol–water partition coefficient (Wildman–Crippen LogP) is 4.71. The first kappa shape index (κ1) is 35.3. The van der Waals surface area contributed by atoms with Gasteiger partial charge in [-0.25, -0.2) is 9.50 Å². The fraction of sp³-hybridized carbons (Fsp3) is 0.375. The van der Waals surface area contributed by atoms with Gasteiger partial charge in [0.1, 0.15) is 11.4 Å². The van der Waals surface area contributed by atoms with Gasteiger partial charge >= 0.3 is 0 Å². The van der Waals surface area contributed by atoms with Gasteiger partial charge in [-0.15, -0.1) is 5.10 Å². The minimum Gasteiger partial charge on any atom is -0.490 e. The van der Waals surface area contributed by atoms with Gasteiger partial charge in [-0.2, -0.15) is 0 Å². The highest BCUT2D eigenvalue weighted by Gasteiger charge is 2.45. The summed E-state index contributed by atoms with van der Waals surface area (Å²) in [7, 11) is 1.82. The zero-order chi connectivity index (χ0) is 37.8. The Morgan fingerprint density at radius 1 is 1.05 bits per heavy atom. The van der Waals surface area contributed by atoms with Crippen molar-refractivity contribution in [3.05, 3.63) is 88.8 Å². The maximum atomic E-state index is 12.1. The number of carbonyl (C=O) groups is 2. The second-order valence-corrected chi connectivity index (χ2v) is 15.5. The number of imidazole rings is 1. The van der Waals surface area contributed by atoms with Crippen LogP contribution in [0.25, 0.3) is 16.9 Å². The molecule has 0 bridgehead atoms. The molecule has 1 aliphatic carbocycles. The van der Waals surface area contributed by atoms with Gasteiger partial charge < -0.3 is 36.0 Å². The van der Waals surface area contributed by atoms with E-state index >= 15 is 0 Å². The Labute approximate surface area is 323 Å². The number of rotatable bonds is 9. The standard InChI is InChI=1S/C40H43ClN10O4/c1-43-31-18-35(47-51-34(37(42)53)20-45-38(31)51)49-15-11-28-27(3-2-4-32(28)49)30-8-5-24(19-44-30)21-48-22-40(23-48)13-9-25(10-14-40)55-26-6-7-29(41)33(17-26)50-16-12-36(52)46-39(50)54/h2-8,17-20,25,39,43,54H,9-16,21-23H2,1H3,(H2,42,53)(H,46,52). The number of aliphatic hydroxyl groups is 1. The van der Waals surface area contributed by atoms with Crippen LogP contribution in [-0.4, -0.2) is 87.1 Å². The van der Waals surface area contributed by atoms with Gasteiger partial charge in [-0.1, -0.05) is 29.8 Å². The summed E-state index contributed by atoms with van der Waals surface area (Å²) in [5, 5.41) is 21.4. The van der Waals surface area contributed by atoms with E-state index in [4.69, 9.17) is 32.2 Å². The smallest absolute Gasteiger partial charge is 0.269 e. The molecule has 1 saturated carbocycles. The highest BCUT2D eigenvalue weighted by molar-refractivity contribution is 6.33. The number of aromatic nitrogens is 4. The van der Waals surface area contributed by atoms with Crippen LogP contribution in [0, 0.1) is 5.41 Å². The van der Waals surface area contributed by atoms with Crippen molar-refractivity contribution in [2.45, 2.75) is 57.5 Å². The second-order valence-electron chi connectivity index (χ2n) is 15.1. The number of hydrogen-bond acceptors (Lipinski definition) is 11. The minimum absolute atomic E-state index is 0.125. The summed E-state index contributed by atoms with van der Waals surface area (Å²) in [4.78, 5) is 39.4. The largest absolute Gasteiger partial charge is 0.490 e. The van der Waals surface area contributed by atoms with Crippen molar-refractivity contribution in [2.24, 2.45) is 11.1 Å². The van der Waals surface area contributed by atoms with Crippen LogP contribution in [0.2, 0.25) is 5.02 Å². The third-order valence-corrected chi connectivity index (χ3v) is 11.9. The number of amides is 2. The van der Waals surface area contributed by atoms with Crippen molar-refractivity contribution in [1.82, 2.24) is 29.8 Å². The Morgan fingerprint density at radius 2 is 1.89 bits per heavy atom. The van der Waals surface area contributed by atoms with E-state index in [-0.39, 0.29) is 17.7 Å². The van der Waals surface area contributed by atoms with Crippen LogP contribution in [0.4, 0.5) is 22.9 Å². The van der Waals surface area contributed by atoms with Gasteiger partial charge in [0.05, 0.1) is 34.4 Å². The summed E-state index contributed by atoms with van der Waals surface area (Å²) in [6.07, 6.45) is 7.82. The lowest BCUT2D eigenvalue weighted by atomic mass is 9.68. The van der Waals surface area contributed by atoms with Crippen molar-refractivity contribution >= 4 is 51.9 Å². The summed E-state index contributed by atoms with van der Waals surface area (Å²) < 4.78 is 7.93. The third kappa shape index (κ3) is 6.57.